The summed E-state index contributed by atoms with van der Waals surface area (Å²) in [4.78, 5) is 25.0. The van der Waals surface area contributed by atoms with Crippen LogP contribution in [0.4, 0.5) is 5.82 Å². The predicted molar refractivity (Wildman–Crippen MR) is 87.7 cm³/mol. The molecule has 0 amide bonds. The standard InChI is InChI=1S/C15H12N6OS/c1-21-12(19-11-5-3-2-4-10(11)14(21)22)8-23-15-18-7-9(6-16)13(17)20-15/h2-5,7H,8H2,1H3,(H2,17,18,20). The third-order valence-electron chi connectivity index (χ3n) is 3.32. The van der Waals surface area contributed by atoms with Crippen molar-refractivity contribution in [2.45, 2.75) is 10.9 Å². The minimum atomic E-state index is -0.0912. The first-order valence-electron chi connectivity index (χ1n) is 6.70. The Morgan fingerprint density at radius 1 is 1.35 bits per heavy atom. The van der Waals surface area contributed by atoms with Crippen LogP contribution >= 0.6 is 11.8 Å². The molecule has 0 radical (unpaired) electrons. The fourth-order valence-electron chi connectivity index (χ4n) is 2.06. The summed E-state index contributed by atoms with van der Waals surface area (Å²) in [6.07, 6.45) is 1.39. The lowest BCUT2D eigenvalue weighted by Crippen LogP contribution is -2.21. The Morgan fingerprint density at radius 3 is 2.87 bits per heavy atom. The van der Waals surface area contributed by atoms with Crippen molar-refractivity contribution < 1.29 is 0 Å². The smallest absolute Gasteiger partial charge is 0.261 e. The molecule has 2 N–H and O–H groups in total. The van der Waals surface area contributed by atoms with Crippen molar-refractivity contribution in [1.82, 2.24) is 19.5 Å². The minimum absolute atomic E-state index is 0.0912. The number of hydrogen-bond donors (Lipinski definition) is 1. The number of thioether (sulfide) groups is 1. The Balaban J connectivity index is 1.90. The van der Waals surface area contributed by atoms with Crippen LogP contribution in [0, 0.1) is 11.3 Å². The van der Waals surface area contributed by atoms with Gasteiger partial charge in [0.15, 0.2) is 5.16 Å². The summed E-state index contributed by atoms with van der Waals surface area (Å²) in [5, 5.41) is 9.84. The summed E-state index contributed by atoms with van der Waals surface area (Å²) in [5.74, 6) is 1.18. The average Bonchev–Trinajstić information content (AvgIpc) is 2.57. The number of fused-ring (bicyclic) bond motifs is 1. The summed E-state index contributed by atoms with van der Waals surface area (Å²) in [6, 6.07) is 9.13. The van der Waals surface area contributed by atoms with Gasteiger partial charge in [-0.1, -0.05) is 23.9 Å². The van der Waals surface area contributed by atoms with Gasteiger partial charge in [-0.2, -0.15) is 5.26 Å². The number of aromatic nitrogens is 4. The van der Waals surface area contributed by atoms with Crippen molar-refractivity contribution in [3.63, 3.8) is 0 Å². The van der Waals surface area contributed by atoms with Crippen molar-refractivity contribution >= 4 is 28.5 Å². The van der Waals surface area contributed by atoms with Gasteiger partial charge in [0.2, 0.25) is 0 Å². The molecule has 0 spiro atoms. The first-order valence-corrected chi connectivity index (χ1v) is 7.69. The van der Waals surface area contributed by atoms with Crippen molar-refractivity contribution in [3.05, 3.63) is 52.2 Å². The van der Waals surface area contributed by atoms with E-state index in [0.29, 0.717) is 27.6 Å². The third kappa shape index (κ3) is 2.86. The summed E-state index contributed by atoms with van der Waals surface area (Å²) < 4.78 is 1.52. The third-order valence-corrected chi connectivity index (χ3v) is 4.18. The molecular weight excluding hydrogens is 312 g/mol. The molecule has 0 bridgehead atoms. The molecule has 7 nitrogen and oxygen atoms in total. The van der Waals surface area contributed by atoms with Crippen LogP contribution in [0.15, 0.2) is 40.4 Å². The number of nitrogen functional groups attached to an aromatic ring is 1. The second-order valence-electron chi connectivity index (χ2n) is 4.76. The second-order valence-corrected chi connectivity index (χ2v) is 5.70. The Hall–Kier alpha value is -2.92. The lowest BCUT2D eigenvalue weighted by atomic mass is 10.2. The number of nitriles is 1. The maximum Gasteiger partial charge on any atom is 0.261 e. The zero-order valence-corrected chi connectivity index (χ0v) is 13.0. The van der Waals surface area contributed by atoms with Gasteiger partial charge in [-0.25, -0.2) is 15.0 Å². The van der Waals surface area contributed by atoms with Gasteiger partial charge in [0.05, 0.1) is 22.9 Å². The van der Waals surface area contributed by atoms with E-state index in [-0.39, 0.29) is 16.9 Å². The zero-order valence-electron chi connectivity index (χ0n) is 12.2. The molecule has 0 aliphatic carbocycles. The summed E-state index contributed by atoms with van der Waals surface area (Å²) in [6.45, 7) is 0. The molecule has 2 heterocycles. The van der Waals surface area contributed by atoms with E-state index in [2.05, 4.69) is 15.0 Å². The number of nitrogens with zero attached hydrogens (tertiary/aromatic N) is 5. The van der Waals surface area contributed by atoms with Crippen LogP contribution in [0.1, 0.15) is 11.4 Å². The Kier molecular flexibility index (Phi) is 3.95. The number of rotatable bonds is 3. The normalized spacial score (nSPS) is 10.6. The Morgan fingerprint density at radius 2 is 2.13 bits per heavy atom. The molecule has 23 heavy (non-hydrogen) atoms. The molecule has 0 saturated heterocycles. The van der Waals surface area contributed by atoms with Gasteiger partial charge >= 0.3 is 0 Å². The molecule has 2 aromatic heterocycles. The molecule has 0 atom stereocenters. The topological polar surface area (TPSA) is 110 Å². The van der Waals surface area contributed by atoms with E-state index in [1.165, 1.54) is 22.5 Å². The highest BCUT2D eigenvalue weighted by Gasteiger charge is 2.10. The first-order chi connectivity index (χ1) is 11.1. The van der Waals surface area contributed by atoms with Gasteiger partial charge in [0, 0.05) is 7.05 Å². The van der Waals surface area contributed by atoms with E-state index in [0.717, 1.165) is 0 Å². The van der Waals surface area contributed by atoms with Gasteiger partial charge in [0.1, 0.15) is 23.3 Å². The van der Waals surface area contributed by atoms with Gasteiger partial charge in [-0.05, 0) is 12.1 Å². The van der Waals surface area contributed by atoms with Gasteiger partial charge < -0.3 is 5.73 Å². The lowest BCUT2D eigenvalue weighted by Gasteiger charge is -2.08. The summed E-state index contributed by atoms with van der Waals surface area (Å²) >= 11 is 1.30. The van der Waals surface area contributed by atoms with Crippen LogP contribution < -0.4 is 11.3 Å². The van der Waals surface area contributed by atoms with Crippen LogP contribution in [0.5, 0.6) is 0 Å². The molecular formula is C15H12N6OS. The number of hydrogen-bond acceptors (Lipinski definition) is 7. The van der Waals surface area contributed by atoms with Crippen LogP contribution in [0.25, 0.3) is 10.9 Å². The van der Waals surface area contributed by atoms with Crippen LogP contribution in [0.3, 0.4) is 0 Å². The first kappa shape index (κ1) is 15.0. The average molecular weight is 324 g/mol. The lowest BCUT2D eigenvalue weighted by molar-refractivity contribution is 0.784. The molecule has 3 aromatic rings. The number of para-hydroxylation sites is 1. The molecule has 3 rings (SSSR count). The minimum Gasteiger partial charge on any atom is -0.382 e. The van der Waals surface area contributed by atoms with E-state index in [9.17, 15) is 4.79 Å². The second kappa shape index (κ2) is 6.06. The van der Waals surface area contributed by atoms with Crippen molar-refractivity contribution in [1.29, 1.82) is 5.26 Å². The van der Waals surface area contributed by atoms with Crippen LogP contribution in [-0.4, -0.2) is 19.5 Å². The van der Waals surface area contributed by atoms with Crippen LogP contribution in [-0.2, 0) is 12.8 Å². The van der Waals surface area contributed by atoms with E-state index in [4.69, 9.17) is 11.0 Å². The zero-order chi connectivity index (χ0) is 16.4. The van der Waals surface area contributed by atoms with Crippen molar-refractivity contribution in [3.8, 4) is 6.07 Å². The monoisotopic (exact) mass is 324 g/mol. The fourth-order valence-corrected chi connectivity index (χ4v) is 2.86. The fraction of sp³-hybridized carbons (Fsp3) is 0.133. The molecule has 0 unspecified atom stereocenters. The molecule has 0 aliphatic rings. The number of anilines is 1. The molecule has 0 saturated carbocycles. The highest BCUT2D eigenvalue weighted by Crippen LogP contribution is 2.20. The van der Waals surface area contributed by atoms with Gasteiger partial charge in [0.25, 0.3) is 5.56 Å². The van der Waals surface area contributed by atoms with Crippen molar-refractivity contribution in [2.75, 3.05) is 5.73 Å². The maximum absolute atomic E-state index is 12.3. The Labute approximate surface area is 135 Å². The predicted octanol–water partition coefficient (Wildman–Crippen LogP) is 1.47. The largest absolute Gasteiger partial charge is 0.382 e. The highest BCUT2D eigenvalue weighted by atomic mass is 32.2. The Bertz CT molecular complexity index is 991. The quantitative estimate of drug-likeness (QED) is 0.573. The number of nitrogens with two attached hydrogens (primary N) is 1. The van der Waals surface area contributed by atoms with E-state index in [1.807, 2.05) is 18.2 Å². The van der Waals surface area contributed by atoms with E-state index < -0.39 is 0 Å². The molecule has 1 aromatic carbocycles. The van der Waals surface area contributed by atoms with Gasteiger partial charge in [-0.15, -0.1) is 0 Å². The SMILES string of the molecule is Cn1c(CSc2ncc(C#N)c(N)n2)nc2ccccc2c1=O. The van der Waals surface area contributed by atoms with Gasteiger partial charge in [-0.3, -0.25) is 9.36 Å². The molecule has 0 aliphatic heterocycles. The maximum atomic E-state index is 12.3. The summed E-state index contributed by atoms with van der Waals surface area (Å²) in [5.41, 5.74) is 6.48. The van der Waals surface area contributed by atoms with E-state index >= 15 is 0 Å². The molecule has 0 fully saturated rings. The molecule has 114 valence electrons. The number of benzene rings is 1. The molecule has 8 heteroatoms. The van der Waals surface area contributed by atoms with E-state index in [1.54, 1.807) is 19.2 Å². The van der Waals surface area contributed by atoms with Crippen LogP contribution in [0.2, 0.25) is 0 Å². The summed E-state index contributed by atoms with van der Waals surface area (Å²) in [7, 11) is 1.69. The highest BCUT2D eigenvalue weighted by molar-refractivity contribution is 7.98. The van der Waals surface area contributed by atoms with Crippen molar-refractivity contribution in [2.24, 2.45) is 7.05 Å².